The van der Waals surface area contributed by atoms with Crippen molar-refractivity contribution in [2.75, 3.05) is 19.6 Å². The van der Waals surface area contributed by atoms with Crippen LogP contribution in [0.3, 0.4) is 0 Å². The van der Waals surface area contributed by atoms with E-state index < -0.39 is 6.04 Å². The van der Waals surface area contributed by atoms with Crippen molar-refractivity contribution in [1.29, 1.82) is 0 Å². The molecule has 1 heterocycles. The molecule has 0 spiro atoms. The highest BCUT2D eigenvalue weighted by Gasteiger charge is 2.23. The second-order valence-corrected chi connectivity index (χ2v) is 7.46. The number of amides is 2. The smallest absolute Gasteiger partial charge is 0.262 e. The molecule has 0 saturated carbocycles. The van der Waals surface area contributed by atoms with E-state index in [1.54, 1.807) is 6.07 Å². The van der Waals surface area contributed by atoms with Gasteiger partial charge in [0.2, 0.25) is 5.91 Å². The van der Waals surface area contributed by atoms with Crippen LogP contribution in [0.1, 0.15) is 36.0 Å². The van der Waals surface area contributed by atoms with Crippen molar-refractivity contribution in [3.63, 3.8) is 0 Å². The van der Waals surface area contributed by atoms with Gasteiger partial charge in [0.05, 0.1) is 4.88 Å². The molecular formula is C21H29N3O2S. The van der Waals surface area contributed by atoms with Crippen molar-refractivity contribution in [1.82, 2.24) is 15.5 Å². The van der Waals surface area contributed by atoms with Gasteiger partial charge in [0, 0.05) is 19.0 Å². The predicted octanol–water partition coefficient (Wildman–Crippen LogP) is 2.94. The lowest BCUT2D eigenvalue weighted by atomic mass is 10.0. The van der Waals surface area contributed by atoms with Crippen LogP contribution in [-0.4, -0.2) is 48.4 Å². The fraction of sp³-hybridized carbons (Fsp3) is 0.429. The third-order valence-electron chi connectivity index (χ3n) is 4.66. The monoisotopic (exact) mass is 387 g/mol. The summed E-state index contributed by atoms with van der Waals surface area (Å²) in [7, 11) is 0. The third kappa shape index (κ3) is 6.48. The maximum Gasteiger partial charge on any atom is 0.262 e. The van der Waals surface area contributed by atoms with Crippen LogP contribution in [0.4, 0.5) is 0 Å². The lowest BCUT2D eigenvalue weighted by molar-refractivity contribution is -0.123. The number of hydrogen-bond donors (Lipinski definition) is 2. The van der Waals surface area contributed by atoms with Gasteiger partial charge >= 0.3 is 0 Å². The van der Waals surface area contributed by atoms with Gasteiger partial charge in [-0.05, 0) is 37.0 Å². The molecule has 0 saturated heterocycles. The van der Waals surface area contributed by atoms with Crippen LogP contribution in [-0.2, 0) is 11.2 Å². The lowest BCUT2D eigenvalue weighted by Crippen LogP contribution is -2.51. The molecule has 1 aromatic heterocycles. The molecule has 2 amide bonds. The van der Waals surface area contributed by atoms with Crippen molar-refractivity contribution >= 4 is 23.2 Å². The minimum atomic E-state index is -0.606. The fourth-order valence-electron chi connectivity index (χ4n) is 3.04. The predicted molar refractivity (Wildman–Crippen MR) is 111 cm³/mol. The molecule has 6 heteroatoms. The molecular weight excluding hydrogens is 358 g/mol. The molecule has 2 unspecified atom stereocenters. The van der Waals surface area contributed by atoms with Crippen molar-refractivity contribution in [3.8, 4) is 0 Å². The molecule has 5 nitrogen and oxygen atoms in total. The summed E-state index contributed by atoms with van der Waals surface area (Å²) in [5, 5.41) is 7.76. The van der Waals surface area contributed by atoms with Crippen molar-refractivity contribution in [2.45, 2.75) is 39.3 Å². The average Bonchev–Trinajstić information content (AvgIpc) is 3.22. The number of rotatable bonds is 10. The second kappa shape index (κ2) is 10.8. The molecule has 27 heavy (non-hydrogen) atoms. The van der Waals surface area contributed by atoms with E-state index in [9.17, 15) is 9.59 Å². The maximum atomic E-state index is 12.8. The first kappa shape index (κ1) is 21.1. The van der Waals surface area contributed by atoms with Gasteiger partial charge in [-0.3, -0.25) is 14.5 Å². The SMILES string of the molecule is CCN(CC)C(C)CNC(=O)C(Cc1ccccc1)NC(=O)c1cccs1. The van der Waals surface area contributed by atoms with Crippen LogP contribution in [0.15, 0.2) is 47.8 Å². The van der Waals surface area contributed by atoms with E-state index in [1.807, 2.05) is 41.8 Å². The minimum absolute atomic E-state index is 0.150. The molecule has 0 aliphatic carbocycles. The Kier molecular flexibility index (Phi) is 8.48. The molecule has 2 atom stereocenters. The molecule has 1 aromatic carbocycles. The minimum Gasteiger partial charge on any atom is -0.353 e. The van der Waals surface area contributed by atoms with E-state index >= 15 is 0 Å². The quantitative estimate of drug-likeness (QED) is 0.659. The highest BCUT2D eigenvalue weighted by molar-refractivity contribution is 7.12. The highest BCUT2D eigenvalue weighted by atomic mass is 32.1. The number of benzene rings is 1. The van der Waals surface area contributed by atoms with Crippen molar-refractivity contribution in [2.24, 2.45) is 0 Å². The van der Waals surface area contributed by atoms with Crippen LogP contribution < -0.4 is 10.6 Å². The van der Waals surface area contributed by atoms with E-state index in [0.717, 1.165) is 18.7 Å². The topological polar surface area (TPSA) is 61.4 Å². The summed E-state index contributed by atoms with van der Waals surface area (Å²) in [4.78, 5) is 28.2. The Morgan fingerprint density at radius 1 is 1.07 bits per heavy atom. The largest absolute Gasteiger partial charge is 0.353 e. The van der Waals surface area contributed by atoms with E-state index in [4.69, 9.17) is 0 Å². The molecule has 0 aliphatic rings. The summed E-state index contributed by atoms with van der Waals surface area (Å²) in [6, 6.07) is 13.0. The summed E-state index contributed by atoms with van der Waals surface area (Å²) in [6.45, 7) is 8.76. The molecule has 0 bridgehead atoms. The van der Waals surface area contributed by atoms with E-state index in [-0.39, 0.29) is 17.9 Å². The lowest BCUT2D eigenvalue weighted by Gasteiger charge is -2.27. The Morgan fingerprint density at radius 3 is 2.37 bits per heavy atom. The second-order valence-electron chi connectivity index (χ2n) is 6.51. The number of hydrogen-bond acceptors (Lipinski definition) is 4. The fourth-order valence-corrected chi connectivity index (χ4v) is 3.67. The zero-order chi connectivity index (χ0) is 19.6. The maximum absolute atomic E-state index is 12.8. The number of thiophene rings is 1. The molecule has 0 aliphatic heterocycles. The Balaban J connectivity index is 2.03. The zero-order valence-electron chi connectivity index (χ0n) is 16.3. The van der Waals surface area contributed by atoms with Gasteiger partial charge in [0.15, 0.2) is 0 Å². The van der Waals surface area contributed by atoms with Crippen LogP contribution in [0.25, 0.3) is 0 Å². The summed E-state index contributed by atoms with van der Waals surface area (Å²) in [6.07, 6.45) is 0.462. The average molecular weight is 388 g/mol. The molecule has 146 valence electrons. The Labute approximate surface area is 165 Å². The summed E-state index contributed by atoms with van der Waals surface area (Å²) in [5.41, 5.74) is 1.01. The third-order valence-corrected chi connectivity index (χ3v) is 5.53. The van der Waals surface area contributed by atoms with Gasteiger partial charge in [-0.15, -0.1) is 11.3 Å². The Bertz CT molecular complexity index is 699. The zero-order valence-corrected chi connectivity index (χ0v) is 17.1. The van der Waals surface area contributed by atoms with Crippen molar-refractivity contribution in [3.05, 3.63) is 58.3 Å². The van der Waals surface area contributed by atoms with Gasteiger partial charge < -0.3 is 10.6 Å². The van der Waals surface area contributed by atoms with Gasteiger partial charge in [-0.25, -0.2) is 0 Å². The van der Waals surface area contributed by atoms with E-state index in [0.29, 0.717) is 17.8 Å². The summed E-state index contributed by atoms with van der Waals surface area (Å²) in [5.74, 6) is -0.361. The van der Waals surface area contributed by atoms with Crippen LogP contribution in [0, 0.1) is 0 Å². The van der Waals surface area contributed by atoms with E-state index in [2.05, 4.69) is 36.3 Å². The standard InChI is InChI=1S/C21H29N3O2S/c1-4-24(5-2)16(3)15-22-20(25)18(14-17-10-7-6-8-11-17)23-21(26)19-12-9-13-27-19/h6-13,16,18H,4-5,14-15H2,1-3H3,(H,22,25)(H,23,26). The molecule has 2 aromatic rings. The number of carbonyl (C=O) groups is 2. The van der Waals surface area contributed by atoms with Crippen LogP contribution in [0.2, 0.25) is 0 Å². The van der Waals surface area contributed by atoms with Gasteiger partial charge in [-0.1, -0.05) is 50.2 Å². The first-order valence-electron chi connectivity index (χ1n) is 9.45. The molecule has 0 fully saturated rings. The van der Waals surface area contributed by atoms with Gasteiger partial charge in [-0.2, -0.15) is 0 Å². The highest BCUT2D eigenvalue weighted by Crippen LogP contribution is 2.10. The normalized spacial score (nSPS) is 13.2. The molecule has 2 N–H and O–H groups in total. The summed E-state index contributed by atoms with van der Waals surface area (Å²) < 4.78 is 0. The Hall–Kier alpha value is -2.18. The first-order valence-corrected chi connectivity index (χ1v) is 10.3. The van der Waals surface area contributed by atoms with Crippen LogP contribution >= 0.6 is 11.3 Å². The van der Waals surface area contributed by atoms with E-state index in [1.165, 1.54) is 11.3 Å². The number of likely N-dealkylation sites (N-methyl/N-ethyl adjacent to an activating group) is 1. The molecule has 2 rings (SSSR count). The summed E-state index contributed by atoms with van der Waals surface area (Å²) >= 11 is 1.37. The number of nitrogens with one attached hydrogen (secondary N) is 2. The van der Waals surface area contributed by atoms with Gasteiger partial charge in [0.25, 0.3) is 5.91 Å². The molecule has 0 radical (unpaired) electrons. The van der Waals surface area contributed by atoms with Crippen molar-refractivity contribution < 1.29 is 9.59 Å². The first-order chi connectivity index (χ1) is 13.0. The van der Waals surface area contributed by atoms with Gasteiger partial charge in [0.1, 0.15) is 6.04 Å². The number of carbonyl (C=O) groups excluding carboxylic acids is 2. The Morgan fingerprint density at radius 2 is 1.78 bits per heavy atom. The number of nitrogens with zero attached hydrogens (tertiary/aromatic N) is 1. The van der Waals surface area contributed by atoms with Crippen LogP contribution in [0.5, 0.6) is 0 Å².